The Morgan fingerprint density at radius 2 is 1.87 bits per heavy atom. The van der Waals surface area contributed by atoms with E-state index in [1.807, 2.05) is 23.2 Å². The molecule has 4 unspecified atom stereocenters. The summed E-state index contributed by atoms with van der Waals surface area (Å²) in [7, 11) is 0. The monoisotopic (exact) mass is 428 g/mol. The molecule has 0 bridgehead atoms. The number of hydrogen-bond donors (Lipinski definition) is 0. The van der Waals surface area contributed by atoms with Crippen molar-refractivity contribution in [3.05, 3.63) is 65.5 Å². The fourth-order valence-corrected chi connectivity index (χ4v) is 4.58. The molecule has 31 heavy (non-hydrogen) atoms. The average molecular weight is 429 g/mol. The van der Waals surface area contributed by atoms with Crippen molar-refractivity contribution in [3.8, 4) is 0 Å². The first-order chi connectivity index (χ1) is 14.7. The lowest BCUT2D eigenvalue weighted by molar-refractivity contribution is -0.00222. The summed E-state index contributed by atoms with van der Waals surface area (Å²) in [4.78, 5) is 20.1. The van der Waals surface area contributed by atoms with Crippen LogP contribution in [0.5, 0.6) is 0 Å². The van der Waals surface area contributed by atoms with Crippen LogP contribution in [0.2, 0.25) is 0 Å². The van der Waals surface area contributed by atoms with Crippen LogP contribution in [0.15, 0.2) is 48.7 Å². The Kier molecular flexibility index (Phi) is 7.45. The molecule has 2 aromatic rings. The van der Waals surface area contributed by atoms with Crippen molar-refractivity contribution in [1.29, 1.82) is 0 Å². The van der Waals surface area contributed by atoms with Gasteiger partial charge >= 0.3 is 0 Å². The lowest BCUT2D eigenvalue weighted by atomic mass is 9.82. The number of aromatic nitrogens is 1. The van der Waals surface area contributed by atoms with Crippen LogP contribution in [-0.4, -0.2) is 33.8 Å². The average Bonchev–Trinajstić information content (AvgIpc) is 2.78. The van der Waals surface area contributed by atoms with Crippen molar-refractivity contribution in [2.45, 2.75) is 89.6 Å². The third kappa shape index (κ3) is 5.50. The van der Waals surface area contributed by atoms with Crippen LogP contribution in [-0.2, 0) is 0 Å². The number of carbonyl (C=O) groups is 1. The molecule has 0 aliphatic heterocycles. The topological polar surface area (TPSA) is 33.2 Å². The molecule has 0 radical (unpaired) electrons. The first-order valence-electron chi connectivity index (χ1n) is 11.4. The van der Waals surface area contributed by atoms with E-state index in [1.165, 1.54) is 6.92 Å². The standard InChI is InChI=1S/C26H34F2N2O/c1-5-18(2)30(23-10-8-9-22(17-23)24-11-6-7-16-29-24)25(31)21-14-12-20(13-15-21)19(3)26(4,27)28/h6-7,11-16,18-19,22-23H,5,8-10,17H2,1-4H3. The summed E-state index contributed by atoms with van der Waals surface area (Å²) in [6.07, 6.45) is 6.75. The van der Waals surface area contributed by atoms with Crippen LogP contribution in [0, 0.1) is 0 Å². The Bertz CT molecular complexity index is 848. The van der Waals surface area contributed by atoms with Gasteiger partial charge in [-0.25, -0.2) is 8.78 Å². The molecule has 1 heterocycles. The maximum atomic E-state index is 13.7. The normalized spacial score (nSPS) is 21.4. The van der Waals surface area contributed by atoms with Gasteiger partial charge in [0.15, 0.2) is 0 Å². The van der Waals surface area contributed by atoms with E-state index < -0.39 is 11.8 Å². The SMILES string of the molecule is CCC(C)N(C(=O)c1ccc(C(C)C(C)(F)F)cc1)C1CCCC(c2ccccn2)C1. The summed E-state index contributed by atoms with van der Waals surface area (Å²) < 4.78 is 27.4. The zero-order valence-corrected chi connectivity index (χ0v) is 19.0. The Hall–Kier alpha value is -2.30. The minimum absolute atomic E-state index is 0.0107. The summed E-state index contributed by atoms with van der Waals surface area (Å²) >= 11 is 0. The van der Waals surface area contributed by atoms with Crippen LogP contribution in [0.4, 0.5) is 8.78 Å². The van der Waals surface area contributed by atoms with E-state index >= 15 is 0 Å². The van der Waals surface area contributed by atoms with Gasteiger partial charge in [0.1, 0.15) is 0 Å². The van der Waals surface area contributed by atoms with Gasteiger partial charge in [-0.15, -0.1) is 0 Å². The van der Waals surface area contributed by atoms with Gasteiger partial charge in [-0.05, 0) is 69.4 Å². The number of pyridine rings is 1. The number of nitrogens with zero attached hydrogens (tertiary/aromatic N) is 2. The van der Waals surface area contributed by atoms with Crippen LogP contribution in [0.3, 0.4) is 0 Å². The lowest BCUT2D eigenvalue weighted by Gasteiger charge is -2.41. The predicted molar refractivity (Wildman–Crippen MR) is 121 cm³/mol. The minimum Gasteiger partial charge on any atom is -0.333 e. The molecule has 0 saturated heterocycles. The highest BCUT2D eigenvalue weighted by Crippen LogP contribution is 2.36. The van der Waals surface area contributed by atoms with Gasteiger partial charge in [-0.2, -0.15) is 0 Å². The molecule has 0 spiro atoms. The summed E-state index contributed by atoms with van der Waals surface area (Å²) in [5, 5.41) is 0. The molecule has 3 nitrogen and oxygen atoms in total. The van der Waals surface area contributed by atoms with Gasteiger partial charge in [0, 0.05) is 41.4 Å². The van der Waals surface area contributed by atoms with E-state index in [0.717, 1.165) is 44.7 Å². The Morgan fingerprint density at radius 1 is 1.16 bits per heavy atom. The highest BCUT2D eigenvalue weighted by Gasteiger charge is 2.34. The van der Waals surface area contributed by atoms with Crippen molar-refractivity contribution in [2.24, 2.45) is 0 Å². The fraction of sp³-hybridized carbons (Fsp3) is 0.538. The summed E-state index contributed by atoms with van der Waals surface area (Å²) in [6.45, 7) is 6.64. The van der Waals surface area contributed by atoms with Crippen LogP contribution >= 0.6 is 0 Å². The predicted octanol–water partition coefficient (Wildman–Crippen LogP) is 6.81. The molecule has 4 atom stereocenters. The molecule has 0 N–H and O–H groups in total. The lowest BCUT2D eigenvalue weighted by Crippen LogP contribution is -2.47. The van der Waals surface area contributed by atoms with Crippen molar-refractivity contribution in [2.75, 3.05) is 0 Å². The molecular weight excluding hydrogens is 394 g/mol. The molecular formula is C26H34F2N2O. The molecule has 1 saturated carbocycles. The molecule has 168 valence electrons. The Balaban J connectivity index is 1.81. The molecule has 3 rings (SSSR count). The Labute approximate surface area is 184 Å². The maximum absolute atomic E-state index is 13.7. The molecule has 5 heteroatoms. The second-order valence-corrected chi connectivity index (χ2v) is 9.04. The summed E-state index contributed by atoms with van der Waals surface area (Å²) in [5.41, 5.74) is 2.21. The number of alkyl halides is 2. The highest BCUT2D eigenvalue weighted by atomic mass is 19.3. The van der Waals surface area contributed by atoms with Crippen molar-refractivity contribution >= 4 is 5.91 Å². The zero-order chi connectivity index (χ0) is 22.6. The molecule has 1 aromatic heterocycles. The number of rotatable bonds is 7. The fourth-order valence-electron chi connectivity index (χ4n) is 4.58. The van der Waals surface area contributed by atoms with Crippen molar-refractivity contribution in [1.82, 2.24) is 9.88 Å². The van der Waals surface area contributed by atoms with Gasteiger partial charge in [0.05, 0.1) is 0 Å². The van der Waals surface area contributed by atoms with E-state index in [2.05, 4.69) is 24.9 Å². The van der Waals surface area contributed by atoms with E-state index in [4.69, 9.17) is 0 Å². The van der Waals surface area contributed by atoms with Gasteiger partial charge in [0.2, 0.25) is 0 Å². The highest BCUT2D eigenvalue weighted by molar-refractivity contribution is 5.94. The van der Waals surface area contributed by atoms with Gasteiger partial charge in [0.25, 0.3) is 11.8 Å². The molecule has 1 aliphatic rings. The Morgan fingerprint density at radius 3 is 2.45 bits per heavy atom. The number of benzene rings is 1. The third-order valence-electron chi connectivity index (χ3n) is 6.86. The third-order valence-corrected chi connectivity index (χ3v) is 6.86. The van der Waals surface area contributed by atoms with Crippen molar-refractivity contribution < 1.29 is 13.6 Å². The van der Waals surface area contributed by atoms with Crippen LogP contribution in [0.1, 0.15) is 93.3 Å². The van der Waals surface area contributed by atoms with E-state index in [1.54, 1.807) is 24.3 Å². The smallest absolute Gasteiger partial charge is 0.254 e. The van der Waals surface area contributed by atoms with E-state index in [-0.39, 0.29) is 18.0 Å². The number of halogens is 2. The maximum Gasteiger partial charge on any atom is 0.254 e. The van der Waals surface area contributed by atoms with Gasteiger partial charge in [-0.1, -0.05) is 38.5 Å². The second-order valence-electron chi connectivity index (χ2n) is 9.04. The van der Waals surface area contributed by atoms with Crippen LogP contribution in [0.25, 0.3) is 0 Å². The second kappa shape index (κ2) is 9.88. The van der Waals surface area contributed by atoms with Crippen LogP contribution < -0.4 is 0 Å². The first kappa shape index (κ1) is 23.4. The molecule has 1 fully saturated rings. The number of carbonyl (C=O) groups excluding carboxylic acids is 1. The summed E-state index contributed by atoms with van der Waals surface area (Å²) in [6, 6.07) is 13.0. The largest absolute Gasteiger partial charge is 0.333 e. The first-order valence-corrected chi connectivity index (χ1v) is 11.4. The van der Waals surface area contributed by atoms with Crippen molar-refractivity contribution in [3.63, 3.8) is 0 Å². The van der Waals surface area contributed by atoms with Gasteiger partial charge < -0.3 is 4.90 Å². The van der Waals surface area contributed by atoms with E-state index in [0.29, 0.717) is 17.0 Å². The van der Waals surface area contributed by atoms with E-state index in [9.17, 15) is 13.6 Å². The zero-order valence-electron chi connectivity index (χ0n) is 19.0. The number of amides is 1. The summed E-state index contributed by atoms with van der Waals surface area (Å²) in [5.74, 6) is -3.34. The molecule has 1 aromatic carbocycles. The quantitative estimate of drug-likeness (QED) is 0.485. The number of hydrogen-bond acceptors (Lipinski definition) is 2. The molecule has 1 amide bonds. The minimum atomic E-state index is -2.79. The molecule has 1 aliphatic carbocycles. The van der Waals surface area contributed by atoms with Gasteiger partial charge in [-0.3, -0.25) is 9.78 Å².